The second-order valence-corrected chi connectivity index (χ2v) is 4.16. The van der Waals surface area contributed by atoms with Crippen LogP contribution in [0.4, 0.5) is 0 Å². The average Bonchev–Trinajstić information content (AvgIpc) is 2.29. The Hall–Kier alpha value is -1.10. The molecule has 1 amide bonds. The van der Waals surface area contributed by atoms with Gasteiger partial charge in [0.25, 0.3) is 0 Å². The van der Waals surface area contributed by atoms with Crippen LogP contribution in [-0.2, 0) is 16.1 Å². The molecule has 1 aromatic rings. The second-order valence-electron chi connectivity index (χ2n) is 3.72. The van der Waals surface area contributed by atoms with Gasteiger partial charge in [0, 0.05) is 25.2 Å². The van der Waals surface area contributed by atoms with Crippen LogP contribution in [0.25, 0.3) is 0 Å². The molecule has 0 radical (unpaired) electrons. The Kier molecular flexibility index (Phi) is 5.97. The summed E-state index contributed by atoms with van der Waals surface area (Å²) in [6.45, 7) is 1.40. The molecule has 1 rings (SSSR count). The molecule has 5 heteroatoms. The fraction of sp³-hybridized carbons (Fsp3) is 0.417. The van der Waals surface area contributed by atoms with Gasteiger partial charge >= 0.3 is 0 Å². The molecule has 1 aromatic carbocycles. The molecule has 0 fully saturated rings. The summed E-state index contributed by atoms with van der Waals surface area (Å²) in [4.78, 5) is 13.2. The zero-order valence-electron chi connectivity index (χ0n) is 9.86. The number of hydrogen-bond acceptors (Lipinski definition) is 3. The number of halogens is 1. The van der Waals surface area contributed by atoms with E-state index >= 15 is 0 Å². The van der Waals surface area contributed by atoms with E-state index in [2.05, 4.69) is 0 Å². The molecule has 0 saturated carbocycles. The first-order valence-corrected chi connectivity index (χ1v) is 5.77. The summed E-state index contributed by atoms with van der Waals surface area (Å²) in [5.74, 6) is -0.0709. The Labute approximate surface area is 106 Å². The van der Waals surface area contributed by atoms with Crippen molar-refractivity contribution >= 4 is 17.5 Å². The van der Waals surface area contributed by atoms with Crippen molar-refractivity contribution in [3.63, 3.8) is 0 Å². The molecule has 0 saturated heterocycles. The molecule has 0 aliphatic heterocycles. The number of amides is 1. The van der Waals surface area contributed by atoms with E-state index in [1.165, 1.54) is 0 Å². The molecule has 4 nitrogen and oxygen atoms in total. The van der Waals surface area contributed by atoms with Crippen molar-refractivity contribution in [3.05, 3.63) is 34.9 Å². The van der Waals surface area contributed by atoms with Gasteiger partial charge in [-0.2, -0.15) is 0 Å². The number of rotatable bonds is 6. The minimum atomic E-state index is -0.0709. The van der Waals surface area contributed by atoms with E-state index in [1.54, 1.807) is 18.0 Å². The Balaban J connectivity index is 2.43. The maximum absolute atomic E-state index is 11.6. The van der Waals surface area contributed by atoms with E-state index in [0.717, 1.165) is 5.56 Å². The lowest BCUT2D eigenvalue weighted by Gasteiger charge is -2.17. The van der Waals surface area contributed by atoms with Gasteiger partial charge in [-0.25, -0.2) is 0 Å². The van der Waals surface area contributed by atoms with Crippen molar-refractivity contribution in [1.29, 1.82) is 0 Å². The van der Waals surface area contributed by atoms with E-state index in [-0.39, 0.29) is 12.5 Å². The van der Waals surface area contributed by atoms with Crippen molar-refractivity contribution in [2.45, 2.75) is 6.54 Å². The molecule has 0 bridgehead atoms. The van der Waals surface area contributed by atoms with Crippen LogP contribution in [0.1, 0.15) is 5.56 Å². The smallest absolute Gasteiger partial charge is 0.248 e. The third-order valence-electron chi connectivity index (χ3n) is 2.22. The summed E-state index contributed by atoms with van der Waals surface area (Å²) in [7, 11) is 1.73. The summed E-state index contributed by atoms with van der Waals surface area (Å²) in [5, 5.41) is 0.669. The van der Waals surface area contributed by atoms with Gasteiger partial charge in [-0.05, 0) is 17.7 Å². The van der Waals surface area contributed by atoms with Gasteiger partial charge < -0.3 is 15.4 Å². The highest BCUT2D eigenvalue weighted by Gasteiger charge is 2.09. The van der Waals surface area contributed by atoms with E-state index in [4.69, 9.17) is 22.1 Å². The Morgan fingerprint density at radius 2 is 2.29 bits per heavy atom. The van der Waals surface area contributed by atoms with E-state index in [9.17, 15) is 4.79 Å². The number of likely N-dealkylation sites (N-methyl/N-ethyl adjacent to an activating group) is 1. The average molecular weight is 257 g/mol. The summed E-state index contributed by atoms with van der Waals surface area (Å²) in [6, 6.07) is 7.43. The van der Waals surface area contributed by atoms with Gasteiger partial charge in [-0.1, -0.05) is 23.7 Å². The highest BCUT2D eigenvalue weighted by molar-refractivity contribution is 6.30. The quantitative estimate of drug-likeness (QED) is 0.780. The lowest BCUT2D eigenvalue weighted by Crippen LogP contribution is -2.30. The number of hydrogen-bond donors (Lipinski definition) is 1. The molecule has 0 spiro atoms. The SMILES string of the molecule is CN(Cc1cccc(Cl)c1)C(=O)COCCN. The zero-order valence-corrected chi connectivity index (χ0v) is 10.6. The van der Waals surface area contributed by atoms with Crippen molar-refractivity contribution in [2.75, 3.05) is 26.8 Å². The predicted octanol–water partition coefficient (Wildman–Crippen LogP) is 1.27. The molecule has 0 atom stereocenters. The number of ether oxygens (including phenoxy) is 1. The Morgan fingerprint density at radius 1 is 1.53 bits per heavy atom. The maximum Gasteiger partial charge on any atom is 0.248 e. The van der Waals surface area contributed by atoms with Crippen LogP contribution < -0.4 is 5.73 Å². The number of nitrogens with two attached hydrogens (primary N) is 1. The van der Waals surface area contributed by atoms with Gasteiger partial charge in [0.05, 0.1) is 6.61 Å². The number of carbonyl (C=O) groups is 1. The van der Waals surface area contributed by atoms with Crippen molar-refractivity contribution < 1.29 is 9.53 Å². The van der Waals surface area contributed by atoms with Gasteiger partial charge in [-0.3, -0.25) is 4.79 Å². The van der Waals surface area contributed by atoms with E-state index in [0.29, 0.717) is 24.7 Å². The lowest BCUT2D eigenvalue weighted by atomic mass is 10.2. The topological polar surface area (TPSA) is 55.6 Å². The molecule has 2 N–H and O–H groups in total. The second kappa shape index (κ2) is 7.27. The van der Waals surface area contributed by atoms with Gasteiger partial charge in [-0.15, -0.1) is 0 Å². The molecule has 94 valence electrons. The highest BCUT2D eigenvalue weighted by Crippen LogP contribution is 2.12. The molecular weight excluding hydrogens is 240 g/mol. The van der Waals surface area contributed by atoms with Crippen LogP contribution in [0.15, 0.2) is 24.3 Å². The normalized spacial score (nSPS) is 10.3. The molecule has 0 aliphatic rings. The van der Waals surface area contributed by atoms with Crippen LogP contribution in [0.5, 0.6) is 0 Å². The third-order valence-corrected chi connectivity index (χ3v) is 2.46. The maximum atomic E-state index is 11.6. The molecule has 0 aliphatic carbocycles. The first-order valence-electron chi connectivity index (χ1n) is 5.39. The van der Waals surface area contributed by atoms with E-state index in [1.807, 2.05) is 18.2 Å². The zero-order chi connectivity index (χ0) is 12.7. The van der Waals surface area contributed by atoms with E-state index < -0.39 is 0 Å². The molecule has 17 heavy (non-hydrogen) atoms. The Morgan fingerprint density at radius 3 is 2.94 bits per heavy atom. The van der Waals surface area contributed by atoms with Gasteiger partial charge in [0.2, 0.25) is 5.91 Å². The largest absolute Gasteiger partial charge is 0.370 e. The van der Waals surface area contributed by atoms with Crippen LogP contribution in [0, 0.1) is 0 Å². The number of benzene rings is 1. The predicted molar refractivity (Wildman–Crippen MR) is 67.8 cm³/mol. The standard InChI is InChI=1S/C12H17ClN2O2/c1-15(12(16)9-17-6-5-14)8-10-3-2-4-11(13)7-10/h2-4,7H,5-6,8-9,14H2,1H3. The first kappa shape index (κ1) is 14.0. The number of carbonyl (C=O) groups excluding carboxylic acids is 1. The van der Waals surface area contributed by atoms with Gasteiger partial charge in [0.1, 0.15) is 6.61 Å². The fourth-order valence-electron chi connectivity index (χ4n) is 1.35. The summed E-state index contributed by atoms with van der Waals surface area (Å²) in [6.07, 6.45) is 0. The van der Waals surface area contributed by atoms with Crippen molar-refractivity contribution in [2.24, 2.45) is 5.73 Å². The minimum Gasteiger partial charge on any atom is -0.370 e. The molecule has 0 heterocycles. The van der Waals surface area contributed by atoms with Crippen LogP contribution in [0.3, 0.4) is 0 Å². The molecule has 0 unspecified atom stereocenters. The first-order chi connectivity index (χ1) is 8.13. The Bertz CT molecular complexity index is 371. The third kappa shape index (κ3) is 5.17. The van der Waals surface area contributed by atoms with Crippen LogP contribution in [-0.4, -0.2) is 37.6 Å². The van der Waals surface area contributed by atoms with Crippen molar-refractivity contribution in [3.8, 4) is 0 Å². The van der Waals surface area contributed by atoms with Crippen LogP contribution in [0.2, 0.25) is 5.02 Å². The minimum absolute atomic E-state index is 0.0638. The highest BCUT2D eigenvalue weighted by atomic mass is 35.5. The molecular formula is C12H17ClN2O2. The fourth-order valence-corrected chi connectivity index (χ4v) is 1.56. The lowest BCUT2D eigenvalue weighted by molar-refractivity contribution is -0.135. The number of nitrogens with zero attached hydrogens (tertiary/aromatic N) is 1. The van der Waals surface area contributed by atoms with Crippen LogP contribution >= 0.6 is 11.6 Å². The summed E-state index contributed by atoms with van der Waals surface area (Å²) >= 11 is 5.87. The van der Waals surface area contributed by atoms with Crippen molar-refractivity contribution in [1.82, 2.24) is 4.90 Å². The monoisotopic (exact) mass is 256 g/mol. The van der Waals surface area contributed by atoms with Gasteiger partial charge in [0.15, 0.2) is 0 Å². The summed E-state index contributed by atoms with van der Waals surface area (Å²) < 4.78 is 5.08. The summed E-state index contributed by atoms with van der Waals surface area (Å²) in [5.41, 5.74) is 6.26. The molecule has 0 aromatic heterocycles.